The van der Waals surface area contributed by atoms with Gasteiger partial charge in [-0.15, -0.1) is 0 Å². The van der Waals surface area contributed by atoms with E-state index in [-0.39, 0.29) is 22.8 Å². The molecule has 0 saturated carbocycles. The maximum Gasteiger partial charge on any atom is 0.307 e. The van der Waals surface area contributed by atoms with Gasteiger partial charge in [-0.05, 0) is 13.8 Å². The highest BCUT2D eigenvalue weighted by Crippen LogP contribution is 2.25. The molecule has 1 aromatic carbocycles. The lowest BCUT2D eigenvalue weighted by molar-refractivity contribution is -0.383. The van der Waals surface area contributed by atoms with Gasteiger partial charge in [0, 0.05) is 22.2 Å². The summed E-state index contributed by atoms with van der Waals surface area (Å²) in [4.78, 5) is 23.0. The molecule has 0 unspecified atom stereocenters. The predicted octanol–water partition coefficient (Wildman–Crippen LogP) is 2.07. The molecule has 1 aromatic heterocycles. The van der Waals surface area contributed by atoms with E-state index in [1.807, 2.05) is 13.8 Å². The number of nitro groups is 1. The molecule has 100 valence electrons. The highest BCUT2D eigenvalue weighted by atomic mass is 32.1. The Kier molecular flexibility index (Phi) is 3.39. The summed E-state index contributed by atoms with van der Waals surface area (Å²) >= 11 is 1.16. The van der Waals surface area contributed by atoms with Crippen molar-refractivity contribution in [3.63, 3.8) is 0 Å². The molecule has 19 heavy (non-hydrogen) atoms. The fraction of sp³-hybridized carbons (Fsp3) is 0.250. The quantitative estimate of drug-likeness (QED) is 0.529. The van der Waals surface area contributed by atoms with E-state index in [1.54, 1.807) is 16.7 Å². The second-order valence-corrected chi connectivity index (χ2v) is 5.37. The zero-order valence-corrected chi connectivity index (χ0v) is 11.4. The minimum Gasteiger partial charge on any atom is -0.393 e. The fourth-order valence-corrected chi connectivity index (χ4v) is 2.67. The number of benzene rings is 1. The molecule has 1 heterocycles. The van der Waals surface area contributed by atoms with Crippen LogP contribution in [0.15, 0.2) is 23.0 Å². The van der Waals surface area contributed by atoms with Crippen molar-refractivity contribution >= 4 is 22.7 Å². The monoisotopic (exact) mass is 279 g/mol. The molecule has 7 heteroatoms. The Morgan fingerprint density at radius 3 is 2.63 bits per heavy atom. The lowest BCUT2D eigenvalue weighted by Crippen LogP contribution is -2.16. The van der Waals surface area contributed by atoms with E-state index in [4.69, 9.17) is 5.73 Å². The van der Waals surface area contributed by atoms with Crippen LogP contribution in [0.4, 0.5) is 11.4 Å². The minimum atomic E-state index is -0.521. The van der Waals surface area contributed by atoms with Gasteiger partial charge in [-0.2, -0.15) is 0 Å². The van der Waals surface area contributed by atoms with Crippen molar-refractivity contribution in [1.29, 1.82) is 0 Å². The molecule has 0 aliphatic rings. The topological polar surface area (TPSA) is 91.2 Å². The number of hydrogen-bond acceptors (Lipinski definition) is 5. The first-order valence-corrected chi connectivity index (χ1v) is 6.42. The van der Waals surface area contributed by atoms with Crippen molar-refractivity contribution in [2.45, 2.75) is 20.4 Å². The minimum absolute atomic E-state index is 0.0825. The second-order valence-electron chi connectivity index (χ2n) is 4.20. The number of rotatable bonds is 3. The molecule has 2 N–H and O–H groups in total. The number of nitro benzene ring substituents is 1. The van der Waals surface area contributed by atoms with Crippen LogP contribution in [-0.4, -0.2) is 9.49 Å². The van der Waals surface area contributed by atoms with Gasteiger partial charge in [0.15, 0.2) is 0 Å². The number of anilines is 1. The van der Waals surface area contributed by atoms with Crippen LogP contribution in [0.2, 0.25) is 0 Å². The molecule has 0 aliphatic heterocycles. The maximum atomic E-state index is 11.8. The van der Waals surface area contributed by atoms with Gasteiger partial charge in [0.2, 0.25) is 0 Å². The van der Waals surface area contributed by atoms with Crippen LogP contribution < -0.4 is 10.6 Å². The molecule has 0 radical (unpaired) electrons. The summed E-state index contributed by atoms with van der Waals surface area (Å²) in [6.07, 6.45) is 0. The first kappa shape index (κ1) is 13.3. The molecule has 0 spiro atoms. The Balaban J connectivity index is 2.47. The van der Waals surface area contributed by atoms with Crippen LogP contribution in [-0.2, 0) is 6.54 Å². The Hall–Kier alpha value is -2.15. The predicted molar refractivity (Wildman–Crippen MR) is 74.7 cm³/mol. The first-order valence-electron chi connectivity index (χ1n) is 5.60. The molecule has 0 atom stereocenters. The van der Waals surface area contributed by atoms with E-state index < -0.39 is 4.92 Å². The van der Waals surface area contributed by atoms with E-state index in [0.29, 0.717) is 5.56 Å². The fourth-order valence-electron chi connectivity index (χ4n) is 1.84. The Morgan fingerprint density at radius 2 is 2.11 bits per heavy atom. The van der Waals surface area contributed by atoms with Crippen molar-refractivity contribution in [3.8, 4) is 0 Å². The molecule has 2 aromatic rings. The summed E-state index contributed by atoms with van der Waals surface area (Å²) in [6.45, 7) is 3.97. The van der Waals surface area contributed by atoms with Gasteiger partial charge < -0.3 is 5.73 Å². The normalized spacial score (nSPS) is 10.6. The molecule has 2 rings (SSSR count). The molecule has 0 aliphatic carbocycles. The van der Waals surface area contributed by atoms with E-state index in [0.717, 1.165) is 21.9 Å². The first-order chi connectivity index (χ1) is 8.91. The summed E-state index contributed by atoms with van der Waals surface area (Å²) in [6, 6.07) is 4.62. The third kappa shape index (κ3) is 2.37. The highest BCUT2D eigenvalue weighted by molar-refractivity contribution is 7.09. The maximum absolute atomic E-state index is 11.8. The standard InChI is InChI=1S/C12H13N3O3S/c1-7-8(2)19-12(16)14(7)6-9-4-3-5-10(11(9)13)15(17)18/h3-5H,6,13H2,1-2H3. The molecule has 0 amide bonds. The smallest absolute Gasteiger partial charge is 0.307 e. The number of para-hydroxylation sites is 1. The van der Waals surface area contributed by atoms with Gasteiger partial charge in [0.25, 0.3) is 5.69 Å². The van der Waals surface area contributed by atoms with Crippen LogP contribution >= 0.6 is 11.3 Å². The summed E-state index contributed by atoms with van der Waals surface area (Å²) in [5.41, 5.74) is 7.21. The number of hydrogen-bond donors (Lipinski definition) is 1. The molecular formula is C12H13N3O3S. The van der Waals surface area contributed by atoms with E-state index in [1.165, 1.54) is 6.07 Å². The second kappa shape index (κ2) is 4.85. The third-order valence-corrected chi connectivity index (χ3v) is 4.07. The average molecular weight is 279 g/mol. The van der Waals surface area contributed by atoms with Crippen molar-refractivity contribution in [1.82, 2.24) is 4.57 Å². The van der Waals surface area contributed by atoms with Gasteiger partial charge in [0.05, 0.1) is 11.5 Å². The third-order valence-electron chi connectivity index (χ3n) is 3.07. The number of nitrogens with two attached hydrogens (primary N) is 1. The van der Waals surface area contributed by atoms with Gasteiger partial charge in [-0.1, -0.05) is 23.5 Å². The SMILES string of the molecule is Cc1sc(=O)n(Cc2cccc([N+](=O)[O-])c2N)c1C. The molecular weight excluding hydrogens is 266 g/mol. The number of nitrogen functional groups attached to an aromatic ring is 1. The van der Waals surface area contributed by atoms with Gasteiger partial charge >= 0.3 is 4.87 Å². The van der Waals surface area contributed by atoms with Crippen LogP contribution in [0.1, 0.15) is 16.1 Å². The molecule has 6 nitrogen and oxygen atoms in total. The van der Waals surface area contributed by atoms with Gasteiger partial charge in [-0.25, -0.2) is 0 Å². The average Bonchev–Trinajstić information content (AvgIpc) is 2.58. The van der Waals surface area contributed by atoms with E-state index in [9.17, 15) is 14.9 Å². The van der Waals surface area contributed by atoms with Crippen molar-refractivity contribution in [2.75, 3.05) is 5.73 Å². The zero-order valence-electron chi connectivity index (χ0n) is 10.5. The van der Waals surface area contributed by atoms with Crippen LogP contribution in [0.25, 0.3) is 0 Å². The van der Waals surface area contributed by atoms with E-state index in [2.05, 4.69) is 0 Å². The van der Waals surface area contributed by atoms with Crippen LogP contribution in [0.3, 0.4) is 0 Å². The van der Waals surface area contributed by atoms with Crippen LogP contribution in [0.5, 0.6) is 0 Å². The summed E-state index contributed by atoms with van der Waals surface area (Å²) < 4.78 is 1.58. The number of thiazole rings is 1. The van der Waals surface area contributed by atoms with Crippen molar-refractivity contribution in [2.24, 2.45) is 0 Å². The van der Waals surface area contributed by atoms with E-state index >= 15 is 0 Å². The lowest BCUT2D eigenvalue weighted by Gasteiger charge is -2.08. The largest absolute Gasteiger partial charge is 0.393 e. The van der Waals surface area contributed by atoms with Gasteiger partial charge in [-0.3, -0.25) is 19.5 Å². The summed E-state index contributed by atoms with van der Waals surface area (Å²) in [5, 5.41) is 10.8. The molecule has 0 saturated heterocycles. The number of nitrogens with zero attached hydrogens (tertiary/aromatic N) is 2. The lowest BCUT2D eigenvalue weighted by atomic mass is 10.1. The Labute approximate surface area is 113 Å². The highest BCUT2D eigenvalue weighted by Gasteiger charge is 2.16. The van der Waals surface area contributed by atoms with Crippen molar-refractivity contribution < 1.29 is 4.92 Å². The Morgan fingerprint density at radius 1 is 1.42 bits per heavy atom. The Bertz CT molecular complexity index is 703. The van der Waals surface area contributed by atoms with Gasteiger partial charge in [0.1, 0.15) is 5.69 Å². The summed E-state index contributed by atoms with van der Waals surface area (Å²) in [7, 11) is 0. The molecule has 0 fully saturated rings. The summed E-state index contributed by atoms with van der Waals surface area (Å²) in [5.74, 6) is 0. The number of aryl methyl sites for hydroxylation is 1. The zero-order chi connectivity index (χ0) is 14.2. The van der Waals surface area contributed by atoms with Crippen LogP contribution in [0, 0.1) is 24.0 Å². The molecule has 0 bridgehead atoms. The number of aromatic nitrogens is 1. The van der Waals surface area contributed by atoms with Crippen molar-refractivity contribution in [3.05, 3.63) is 54.1 Å².